The SMILES string of the molecule is O=S(=O)(c1[nH]cnc1Br)N1CCc2cccc(F)c21. The van der Waals surface area contributed by atoms with E-state index in [0.29, 0.717) is 12.0 Å². The molecule has 1 aliphatic heterocycles. The number of halogens is 2. The molecule has 0 atom stereocenters. The molecule has 2 aromatic rings. The van der Waals surface area contributed by atoms with Crippen molar-refractivity contribution in [3.63, 3.8) is 0 Å². The first-order valence-corrected chi connectivity index (χ1v) is 7.74. The molecule has 0 saturated carbocycles. The second-order valence-electron chi connectivity index (χ2n) is 4.10. The van der Waals surface area contributed by atoms with Gasteiger partial charge < -0.3 is 4.98 Å². The molecule has 5 nitrogen and oxygen atoms in total. The number of rotatable bonds is 2. The predicted octanol–water partition coefficient (Wildman–Crippen LogP) is 2.06. The van der Waals surface area contributed by atoms with Crippen molar-refractivity contribution >= 4 is 31.6 Å². The van der Waals surface area contributed by atoms with Crippen molar-refractivity contribution in [1.82, 2.24) is 9.97 Å². The normalized spacial score (nSPS) is 14.7. The van der Waals surface area contributed by atoms with E-state index in [-0.39, 0.29) is 21.9 Å². The van der Waals surface area contributed by atoms with Gasteiger partial charge in [-0.1, -0.05) is 12.1 Å². The van der Waals surface area contributed by atoms with Crippen molar-refractivity contribution in [3.05, 3.63) is 40.5 Å². The van der Waals surface area contributed by atoms with Crippen molar-refractivity contribution in [2.75, 3.05) is 10.8 Å². The summed E-state index contributed by atoms with van der Waals surface area (Å²) in [6.07, 6.45) is 1.77. The van der Waals surface area contributed by atoms with E-state index in [1.54, 1.807) is 12.1 Å². The summed E-state index contributed by atoms with van der Waals surface area (Å²) in [5, 5.41) is -0.0661. The van der Waals surface area contributed by atoms with E-state index in [0.717, 1.165) is 4.31 Å². The Kier molecular flexibility index (Phi) is 2.86. The average molecular weight is 346 g/mol. The van der Waals surface area contributed by atoms with Crippen molar-refractivity contribution in [2.45, 2.75) is 11.4 Å². The minimum atomic E-state index is -3.83. The third kappa shape index (κ3) is 1.86. The van der Waals surface area contributed by atoms with Crippen LogP contribution in [-0.2, 0) is 16.4 Å². The summed E-state index contributed by atoms with van der Waals surface area (Å²) in [6.45, 7) is 0.226. The number of sulfonamides is 1. The maximum absolute atomic E-state index is 13.9. The highest BCUT2D eigenvalue weighted by molar-refractivity contribution is 9.10. The lowest BCUT2D eigenvalue weighted by atomic mass is 10.2. The molecule has 19 heavy (non-hydrogen) atoms. The Labute approximate surface area is 117 Å². The standard InChI is InChI=1S/C11H9BrFN3O2S/c12-10-11(15-6-14-10)19(17,18)16-5-4-7-2-1-3-8(13)9(7)16/h1-3,6H,4-5H2,(H,14,15). The fourth-order valence-corrected chi connectivity index (χ4v) is 4.47. The molecule has 0 fully saturated rings. The first-order chi connectivity index (χ1) is 9.01. The minimum absolute atomic E-state index is 0.0661. The summed E-state index contributed by atoms with van der Waals surface area (Å²) in [4.78, 5) is 6.36. The number of benzene rings is 1. The number of imidazole rings is 1. The van der Waals surface area contributed by atoms with Gasteiger partial charge in [0.2, 0.25) is 0 Å². The third-order valence-corrected chi connectivity index (χ3v) is 5.65. The van der Waals surface area contributed by atoms with Gasteiger partial charge in [0.25, 0.3) is 10.0 Å². The molecule has 0 bridgehead atoms. The molecule has 0 aliphatic carbocycles. The van der Waals surface area contributed by atoms with Crippen LogP contribution in [0, 0.1) is 5.82 Å². The topological polar surface area (TPSA) is 66.1 Å². The van der Waals surface area contributed by atoms with E-state index in [1.807, 2.05) is 0 Å². The number of nitrogens with zero attached hydrogens (tertiary/aromatic N) is 2. The van der Waals surface area contributed by atoms with E-state index in [1.165, 1.54) is 12.4 Å². The van der Waals surface area contributed by atoms with Gasteiger partial charge in [-0.3, -0.25) is 4.31 Å². The highest BCUT2D eigenvalue weighted by Crippen LogP contribution is 2.35. The van der Waals surface area contributed by atoms with Gasteiger partial charge in [-0.25, -0.2) is 9.37 Å². The Morgan fingerprint density at radius 1 is 1.42 bits per heavy atom. The Balaban J connectivity index is 2.15. The summed E-state index contributed by atoms with van der Waals surface area (Å²) < 4.78 is 40.1. The second-order valence-corrected chi connectivity index (χ2v) is 6.65. The Morgan fingerprint density at radius 2 is 2.21 bits per heavy atom. The van der Waals surface area contributed by atoms with Gasteiger partial charge in [0.15, 0.2) is 5.03 Å². The van der Waals surface area contributed by atoms with E-state index >= 15 is 0 Å². The predicted molar refractivity (Wildman–Crippen MR) is 70.9 cm³/mol. The van der Waals surface area contributed by atoms with Gasteiger partial charge in [-0.15, -0.1) is 0 Å². The molecule has 1 aliphatic rings. The van der Waals surface area contributed by atoms with Gasteiger partial charge in [0.05, 0.1) is 12.0 Å². The fourth-order valence-electron chi connectivity index (χ4n) is 2.17. The van der Waals surface area contributed by atoms with Crippen molar-refractivity contribution in [1.29, 1.82) is 0 Å². The molecule has 2 heterocycles. The van der Waals surface area contributed by atoms with Gasteiger partial charge in [0, 0.05) is 6.54 Å². The zero-order valence-electron chi connectivity index (χ0n) is 9.60. The average Bonchev–Trinajstić information content (AvgIpc) is 2.96. The molecule has 3 rings (SSSR count). The number of aromatic amines is 1. The van der Waals surface area contributed by atoms with Crippen LogP contribution in [0.1, 0.15) is 5.56 Å². The summed E-state index contributed by atoms with van der Waals surface area (Å²) in [6, 6.07) is 4.57. The van der Waals surface area contributed by atoms with Gasteiger partial charge in [-0.2, -0.15) is 8.42 Å². The van der Waals surface area contributed by atoms with Gasteiger partial charge in [0.1, 0.15) is 10.4 Å². The van der Waals surface area contributed by atoms with Crippen LogP contribution in [0.5, 0.6) is 0 Å². The smallest absolute Gasteiger partial charge is 0.282 e. The van der Waals surface area contributed by atoms with Crippen molar-refractivity contribution in [2.24, 2.45) is 0 Å². The number of para-hydroxylation sites is 1. The number of anilines is 1. The number of fused-ring (bicyclic) bond motifs is 1. The molecule has 0 amide bonds. The van der Waals surface area contributed by atoms with Crippen LogP contribution in [0.2, 0.25) is 0 Å². The first-order valence-electron chi connectivity index (χ1n) is 5.51. The van der Waals surface area contributed by atoms with Crippen LogP contribution in [0.3, 0.4) is 0 Å². The van der Waals surface area contributed by atoms with E-state index in [4.69, 9.17) is 0 Å². The van der Waals surface area contributed by atoms with Gasteiger partial charge in [-0.05, 0) is 34.0 Å². The molecule has 0 saturated heterocycles. The second kappa shape index (κ2) is 4.31. The van der Waals surface area contributed by atoms with E-state index in [2.05, 4.69) is 25.9 Å². The molecule has 0 spiro atoms. The van der Waals surface area contributed by atoms with Crippen LogP contribution >= 0.6 is 15.9 Å². The quantitative estimate of drug-likeness (QED) is 0.905. The lowest BCUT2D eigenvalue weighted by Crippen LogP contribution is -2.30. The number of hydrogen-bond acceptors (Lipinski definition) is 3. The number of H-pyrrole nitrogens is 1. The summed E-state index contributed by atoms with van der Waals surface area (Å²) in [5.74, 6) is -0.533. The fraction of sp³-hybridized carbons (Fsp3) is 0.182. The Bertz CT molecular complexity index is 744. The molecular weight excluding hydrogens is 337 g/mol. The number of aromatic nitrogens is 2. The highest BCUT2D eigenvalue weighted by Gasteiger charge is 2.35. The monoisotopic (exact) mass is 345 g/mol. The van der Waals surface area contributed by atoms with Crippen LogP contribution < -0.4 is 4.31 Å². The minimum Gasteiger partial charge on any atom is -0.333 e. The lowest BCUT2D eigenvalue weighted by molar-refractivity contribution is 0.584. The van der Waals surface area contributed by atoms with Gasteiger partial charge >= 0.3 is 0 Å². The molecule has 8 heteroatoms. The highest BCUT2D eigenvalue weighted by atomic mass is 79.9. The molecule has 100 valence electrons. The molecule has 1 N–H and O–H groups in total. The maximum Gasteiger partial charge on any atom is 0.282 e. The summed E-state index contributed by atoms with van der Waals surface area (Å²) in [5.41, 5.74) is 0.822. The molecular formula is C11H9BrFN3O2S. The molecule has 0 radical (unpaired) electrons. The maximum atomic E-state index is 13.9. The zero-order valence-corrected chi connectivity index (χ0v) is 12.0. The zero-order chi connectivity index (χ0) is 13.6. The van der Waals surface area contributed by atoms with Crippen LogP contribution in [0.15, 0.2) is 34.2 Å². The van der Waals surface area contributed by atoms with Crippen LogP contribution in [0.25, 0.3) is 0 Å². The molecule has 1 aromatic heterocycles. The van der Waals surface area contributed by atoms with Crippen molar-refractivity contribution < 1.29 is 12.8 Å². The number of nitrogens with one attached hydrogen (secondary N) is 1. The Hall–Kier alpha value is -1.41. The van der Waals surface area contributed by atoms with Crippen LogP contribution in [0.4, 0.5) is 10.1 Å². The number of hydrogen-bond donors (Lipinski definition) is 1. The molecule has 1 aromatic carbocycles. The molecule has 0 unspecified atom stereocenters. The van der Waals surface area contributed by atoms with E-state index < -0.39 is 15.8 Å². The largest absolute Gasteiger partial charge is 0.333 e. The van der Waals surface area contributed by atoms with Crippen LogP contribution in [-0.4, -0.2) is 24.9 Å². The lowest BCUT2D eigenvalue weighted by Gasteiger charge is -2.19. The van der Waals surface area contributed by atoms with Crippen molar-refractivity contribution in [3.8, 4) is 0 Å². The third-order valence-electron chi connectivity index (χ3n) is 3.01. The summed E-state index contributed by atoms with van der Waals surface area (Å²) in [7, 11) is -3.83. The summed E-state index contributed by atoms with van der Waals surface area (Å²) >= 11 is 3.07. The first kappa shape index (κ1) is 12.6. The Morgan fingerprint density at radius 3 is 2.89 bits per heavy atom. The van der Waals surface area contributed by atoms with E-state index in [9.17, 15) is 12.8 Å².